The number of aromatic nitrogens is 4. The number of pyridine rings is 1. The summed E-state index contributed by atoms with van der Waals surface area (Å²) in [6.07, 6.45) is 5.38. The van der Waals surface area contributed by atoms with E-state index in [1.165, 1.54) is 0 Å². The van der Waals surface area contributed by atoms with E-state index in [1.807, 2.05) is 30.7 Å². The summed E-state index contributed by atoms with van der Waals surface area (Å²) < 4.78 is 3.46. The number of thiazole rings is 1. The minimum atomic E-state index is -0.152. The van der Waals surface area contributed by atoms with Crippen LogP contribution >= 0.6 is 11.3 Å². The summed E-state index contributed by atoms with van der Waals surface area (Å²) in [5.41, 5.74) is 1.50. The van der Waals surface area contributed by atoms with E-state index in [0.717, 1.165) is 28.7 Å². The summed E-state index contributed by atoms with van der Waals surface area (Å²) in [6, 6.07) is 3.61. The zero-order valence-corrected chi connectivity index (χ0v) is 14.2. The lowest BCUT2D eigenvalue weighted by atomic mass is 10.3. The van der Waals surface area contributed by atoms with Crippen molar-refractivity contribution in [3.63, 3.8) is 0 Å². The van der Waals surface area contributed by atoms with Gasteiger partial charge in [0.15, 0.2) is 0 Å². The molecule has 0 aliphatic carbocycles. The van der Waals surface area contributed by atoms with Crippen LogP contribution in [0.3, 0.4) is 0 Å². The molecule has 1 amide bonds. The van der Waals surface area contributed by atoms with E-state index in [1.54, 1.807) is 28.4 Å². The van der Waals surface area contributed by atoms with Gasteiger partial charge in [0, 0.05) is 36.4 Å². The molecule has 0 atom stereocenters. The molecule has 0 bridgehead atoms. The normalized spacial score (nSPS) is 10.8. The Morgan fingerprint density at radius 3 is 2.71 bits per heavy atom. The Kier molecular flexibility index (Phi) is 4.57. The van der Waals surface area contributed by atoms with Gasteiger partial charge in [0.05, 0.1) is 11.9 Å². The van der Waals surface area contributed by atoms with Crippen LogP contribution in [-0.4, -0.2) is 25.0 Å². The highest BCUT2D eigenvalue weighted by Gasteiger charge is 2.08. The van der Waals surface area contributed by atoms with Gasteiger partial charge in [0.2, 0.25) is 5.91 Å². The van der Waals surface area contributed by atoms with Crippen LogP contribution in [-0.2, 0) is 11.3 Å². The molecule has 0 aliphatic rings. The van der Waals surface area contributed by atoms with E-state index in [-0.39, 0.29) is 17.2 Å². The quantitative estimate of drug-likeness (QED) is 0.769. The number of aryl methyl sites for hydroxylation is 2. The molecule has 3 aromatic heterocycles. The van der Waals surface area contributed by atoms with Crippen LogP contribution in [0.15, 0.2) is 40.9 Å². The number of anilines is 1. The van der Waals surface area contributed by atoms with Gasteiger partial charge in [-0.3, -0.25) is 14.2 Å². The molecule has 3 heterocycles. The van der Waals surface area contributed by atoms with Gasteiger partial charge in [0.25, 0.3) is 0 Å². The van der Waals surface area contributed by atoms with Crippen LogP contribution in [0, 0.1) is 13.8 Å². The fraction of sp³-hybridized carbons (Fsp3) is 0.250. The maximum atomic E-state index is 12.0. The summed E-state index contributed by atoms with van der Waals surface area (Å²) in [5, 5.41) is 4.58. The van der Waals surface area contributed by atoms with Crippen molar-refractivity contribution in [3.8, 4) is 5.82 Å². The third-order valence-electron chi connectivity index (χ3n) is 3.64. The molecule has 0 saturated carbocycles. The average molecular weight is 343 g/mol. The highest BCUT2D eigenvalue weighted by molar-refractivity contribution is 7.07. The maximum absolute atomic E-state index is 12.0. The van der Waals surface area contributed by atoms with Gasteiger partial charge < -0.3 is 9.88 Å². The number of hydrogen-bond donors (Lipinski definition) is 1. The molecule has 0 unspecified atom stereocenters. The predicted molar refractivity (Wildman–Crippen MR) is 92.7 cm³/mol. The molecule has 3 aromatic rings. The van der Waals surface area contributed by atoms with Crippen LogP contribution < -0.4 is 10.2 Å². The van der Waals surface area contributed by atoms with Gasteiger partial charge in [-0.15, -0.1) is 0 Å². The second-order valence-electron chi connectivity index (χ2n) is 5.34. The molecule has 0 radical (unpaired) electrons. The van der Waals surface area contributed by atoms with Gasteiger partial charge >= 0.3 is 4.87 Å². The number of hydrogen-bond acceptors (Lipinski definition) is 5. The molecule has 0 spiro atoms. The van der Waals surface area contributed by atoms with Crippen LogP contribution in [0.2, 0.25) is 0 Å². The van der Waals surface area contributed by atoms with E-state index in [0.29, 0.717) is 12.2 Å². The molecular formula is C16H17N5O2S. The Bertz CT molecular complexity index is 907. The van der Waals surface area contributed by atoms with Crippen LogP contribution in [0.25, 0.3) is 5.82 Å². The smallest absolute Gasteiger partial charge is 0.307 e. The van der Waals surface area contributed by atoms with Gasteiger partial charge in [-0.1, -0.05) is 11.3 Å². The summed E-state index contributed by atoms with van der Waals surface area (Å²) in [7, 11) is 0. The standard InChI is InChI=1S/C16H17N5O2S/c1-11-10-24-16(23)20(11)7-5-15(22)19-13-3-4-14(18-9-13)21-8-6-17-12(21)2/h3-4,6,8-10H,5,7H2,1-2H3,(H,19,22). The summed E-state index contributed by atoms with van der Waals surface area (Å²) in [5.74, 6) is 1.43. The van der Waals surface area contributed by atoms with Crippen LogP contribution in [0.1, 0.15) is 17.9 Å². The molecular weight excluding hydrogens is 326 g/mol. The van der Waals surface area contributed by atoms with Crippen molar-refractivity contribution >= 4 is 22.9 Å². The molecule has 0 aromatic carbocycles. The minimum absolute atomic E-state index is 0.0398. The van der Waals surface area contributed by atoms with Crippen molar-refractivity contribution in [3.05, 3.63) is 57.3 Å². The first-order valence-corrected chi connectivity index (χ1v) is 8.34. The molecule has 8 heteroatoms. The zero-order valence-electron chi connectivity index (χ0n) is 13.4. The van der Waals surface area contributed by atoms with Crippen LogP contribution in [0.5, 0.6) is 0 Å². The van der Waals surface area contributed by atoms with E-state index >= 15 is 0 Å². The largest absolute Gasteiger partial charge is 0.325 e. The minimum Gasteiger partial charge on any atom is -0.325 e. The van der Waals surface area contributed by atoms with E-state index < -0.39 is 0 Å². The molecule has 24 heavy (non-hydrogen) atoms. The Hall–Kier alpha value is -2.74. The lowest BCUT2D eigenvalue weighted by molar-refractivity contribution is -0.116. The fourth-order valence-corrected chi connectivity index (χ4v) is 3.10. The fourth-order valence-electron chi connectivity index (χ4n) is 2.33. The third-order valence-corrected chi connectivity index (χ3v) is 4.52. The number of carbonyl (C=O) groups is 1. The SMILES string of the molecule is Cc1nccn1-c1ccc(NC(=O)CCn2c(C)csc2=O)cn1. The monoisotopic (exact) mass is 343 g/mol. The number of nitrogens with one attached hydrogen (secondary N) is 1. The number of amides is 1. The molecule has 0 fully saturated rings. The zero-order chi connectivity index (χ0) is 17.1. The molecule has 0 saturated heterocycles. The predicted octanol–water partition coefficient (Wildman–Crippen LogP) is 2.14. The molecule has 124 valence electrons. The van der Waals surface area contributed by atoms with Gasteiger partial charge in [0.1, 0.15) is 11.6 Å². The Morgan fingerprint density at radius 2 is 2.12 bits per heavy atom. The maximum Gasteiger partial charge on any atom is 0.307 e. The van der Waals surface area contributed by atoms with Crippen molar-refractivity contribution < 1.29 is 4.79 Å². The molecule has 7 nitrogen and oxygen atoms in total. The van der Waals surface area contributed by atoms with Crippen molar-refractivity contribution in [2.24, 2.45) is 0 Å². The van der Waals surface area contributed by atoms with E-state index in [2.05, 4.69) is 15.3 Å². The average Bonchev–Trinajstić information content (AvgIpc) is 3.12. The first-order valence-electron chi connectivity index (χ1n) is 7.46. The van der Waals surface area contributed by atoms with Crippen molar-refractivity contribution in [2.45, 2.75) is 26.8 Å². The third kappa shape index (κ3) is 3.43. The second-order valence-corrected chi connectivity index (χ2v) is 6.16. The van der Waals surface area contributed by atoms with Gasteiger partial charge in [-0.2, -0.15) is 0 Å². The number of imidazole rings is 1. The summed E-state index contributed by atoms with van der Waals surface area (Å²) in [6.45, 7) is 4.13. The summed E-state index contributed by atoms with van der Waals surface area (Å²) in [4.78, 5) is 32.1. The topological polar surface area (TPSA) is 81.8 Å². The van der Waals surface area contributed by atoms with Gasteiger partial charge in [-0.05, 0) is 26.0 Å². The van der Waals surface area contributed by atoms with Crippen LogP contribution in [0.4, 0.5) is 5.69 Å². The highest BCUT2D eigenvalue weighted by atomic mass is 32.1. The second kappa shape index (κ2) is 6.79. The molecule has 1 N–H and O–H groups in total. The van der Waals surface area contributed by atoms with Crippen molar-refractivity contribution in [1.29, 1.82) is 0 Å². The van der Waals surface area contributed by atoms with E-state index in [4.69, 9.17) is 0 Å². The first kappa shape index (κ1) is 16.1. The summed E-state index contributed by atoms with van der Waals surface area (Å²) >= 11 is 1.15. The van der Waals surface area contributed by atoms with Crippen molar-refractivity contribution in [1.82, 2.24) is 19.1 Å². The number of rotatable bonds is 5. The number of nitrogens with zero attached hydrogens (tertiary/aromatic N) is 4. The molecule has 3 rings (SSSR count). The lowest BCUT2D eigenvalue weighted by Crippen LogP contribution is -2.20. The van der Waals surface area contributed by atoms with Gasteiger partial charge in [-0.25, -0.2) is 9.97 Å². The first-order chi connectivity index (χ1) is 11.5. The van der Waals surface area contributed by atoms with Crippen molar-refractivity contribution in [2.75, 3.05) is 5.32 Å². The number of carbonyl (C=O) groups excluding carboxylic acids is 1. The van der Waals surface area contributed by atoms with E-state index in [9.17, 15) is 9.59 Å². The lowest BCUT2D eigenvalue weighted by Gasteiger charge is -2.08. The Morgan fingerprint density at radius 1 is 1.29 bits per heavy atom. The molecule has 0 aliphatic heterocycles. The highest BCUT2D eigenvalue weighted by Crippen LogP contribution is 2.12. The Balaban J connectivity index is 1.61. The Labute approximate surface area is 142 Å².